The van der Waals surface area contributed by atoms with Crippen molar-refractivity contribution in [1.82, 2.24) is 5.32 Å². The molecule has 6 nitrogen and oxygen atoms in total. The molecule has 0 aliphatic rings. The van der Waals surface area contributed by atoms with Gasteiger partial charge in [-0.15, -0.1) is 0 Å². The van der Waals surface area contributed by atoms with E-state index in [4.69, 9.17) is 0 Å². The number of hydrogen-bond donors (Lipinski definition) is 1. The van der Waals surface area contributed by atoms with E-state index >= 15 is 0 Å². The van der Waals surface area contributed by atoms with Crippen molar-refractivity contribution < 1.29 is 26.0 Å². The van der Waals surface area contributed by atoms with Crippen LogP contribution in [0.2, 0.25) is 0 Å². The van der Waals surface area contributed by atoms with Crippen LogP contribution in [0.25, 0.3) is 0 Å². The Kier molecular flexibility index (Phi) is 6.49. The molecule has 2 rings (SSSR count). The third kappa shape index (κ3) is 5.63. The van der Waals surface area contributed by atoms with E-state index in [1.807, 2.05) is 0 Å². The summed E-state index contributed by atoms with van der Waals surface area (Å²) >= 11 is 0. The number of amides is 1. The predicted molar refractivity (Wildman–Crippen MR) is 94.6 cm³/mol. The number of rotatable bonds is 8. The number of benzene rings is 2. The second kappa shape index (κ2) is 8.41. The molecule has 26 heavy (non-hydrogen) atoms. The molecule has 0 atom stereocenters. The fourth-order valence-electron chi connectivity index (χ4n) is 2.15. The molecular weight excluding hydrogens is 381 g/mol. The van der Waals surface area contributed by atoms with Crippen molar-refractivity contribution in [2.75, 3.05) is 18.1 Å². The van der Waals surface area contributed by atoms with Gasteiger partial charge in [-0.2, -0.15) is 0 Å². The Morgan fingerprint density at radius 1 is 0.808 bits per heavy atom. The van der Waals surface area contributed by atoms with Crippen molar-refractivity contribution in [1.29, 1.82) is 0 Å². The van der Waals surface area contributed by atoms with Gasteiger partial charge in [0.05, 0.1) is 21.3 Å². The topological polar surface area (TPSA) is 97.4 Å². The zero-order valence-electron chi connectivity index (χ0n) is 13.8. The molecule has 0 aromatic heterocycles. The third-order valence-electron chi connectivity index (χ3n) is 3.57. The third-order valence-corrected chi connectivity index (χ3v) is 7.03. The number of carbonyl (C=O) groups excluding carboxylic acids is 1. The summed E-state index contributed by atoms with van der Waals surface area (Å²) in [6.45, 7) is -0.118. The summed E-state index contributed by atoms with van der Waals surface area (Å²) in [5.41, 5.74) is 0. The van der Waals surface area contributed by atoms with Crippen LogP contribution in [-0.2, 0) is 24.5 Å². The molecule has 0 bridgehead atoms. The quantitative estimate of drug-likeness (QED) is 0.680. The minimum atomic E-state index is -3.71. The number of carbonyl (C=O) groups is 1. The number of halogens is 1. The summed E-state index contributed by atoms with van der Waals surface area (Å²) in [7, 11) is -7.23. The summed E-state index contributed by atoms with van der Waals surface area (Å²) in [5, 5.41) is 2.40. The van der Waals surface area contributed by atoms with Crippen molar-refractivity contribution in [3.05, 3.63) is 60.4 Å². The van der Waals surface area contributed by atoms with Gasteiger partial charge in [-0.05, 0) is 36.4 Å². The van der Waals surface area contributed by atoms with Gasteiger partial charge in [0, 0.05) is 13.0 Å². The van der Waals surface area contributed by atoms with E-state index in [1.165, 1.54) is 12.1 Å². The molecule has 140 valence electrons. The van der Waals surface area contributed by atoms with E-state index in [0.717, 1.165) is 24.3 Å². The largest absolute Gasteiger partial charge is 0.355 e. The molecule has 2 aromatic rings. The summed E-state index contributed by atoms with van der Waals surface area (Å²) in [5.74, 6) is -1.86. The predicted octanol–water partition coefficient (Wildman–Crippen LogP) is 1.58. The van der Waals surface area contributed by atoms with Crippen LogP contribution in [-0.4, -0.2) is 40.8 Å². The van der Waals surface area contributed by atoms with Gasteiger partial charge >= 0.3 is 0 Å². The monoisotopic (exact) mass is 399 g/mol. The second-order valence-electron chi connectivity index (χ2n) is 5.50. The van der Waals surface area contributed by atoms with E-state index in [9.17, 15) is 26.0 Å². The summed E-state index contributed by atoms with van der Waals surface area (Å²) in [4.78, 5) is 11.9. The number of hydrogen-bond acceptors (Lipinski definition) is 5. The molecule has 0 spiro atoms. The Morgan fingerprint density at radius 3 is 1.96 bits per heavy atom. The van der Waals surface area contributed by atoms with Gasteiger partial charge in [-0.3, -0.25) is 4.79 Å². The Hall–Kier alpha value is -2.26. The van der Waals surface area contributed by atoms with Crippen molar-refractivity contribution in [2.24, 2.45) is 0 Å². The Morgan fingerprint density at radius 2 is 1.35 bits per heavy atom. The van der Waals surface area contributed by atoms with Gasteiger partial charge in [0.1, 0.15) is 5.82 Å². The molecule has 0 aliphatic carbocycles. The van der Waals surface area contributed by atoms with E-state index in [-0.39, 0.29) is 28.5 Å². The zero-order valence-corrected chi connectivity index (χ0v) is 15.4. The van der Waals surface area contributed by atoms with E-state index in [2.05, 4.69) is 5.32 Å². The first kappa shape index (κ1) is 20.1. The molecule has 0 saturated carbocycles. The van der Waals surface area contributed by atoms with Crippen LogP contribution in [0.4, 0.5) is 4.39 Å². The van der Waals surface area contributed by atoms with Crippen LogP contribution in [0.3, 0.4) is 0 Å². The Balaban J connectivity index is 1.83. The first-order valence-corrected chi connectivity index (χ1v) is 11.0. The van der Waals surface area contributed by atoms with Gasteiger partial charge in [-0.25, -0.2) is 21.2 Å². The molecule has 0 unspecified atom stereocenters. The maximum absolute atomic E-state index is 12.8. The van der Waals surface area contributed by atoms with E-state index < -0.39 is 37.2 Å². The second-order valence-corrected chi connectivity index (χ2v) is 9.72. The molecule has 0 heterocycles. The van der Waals surface area contributed by atoms with Gasteiger partial charge < -0.3 is 5.32 Å². The molecule has 1 N–H and O–H groups in total. The Bertz CT molecular complexity index is 956. The normalized spacial score (nSPS) is 11.9. The van der Waals surface area contributed by atoms with Crippen LogP contribution in [0.15, 0.2) is 64.4 Å². The van der Waals surface area contributed by atoms with Crippen molar-refractivity contribution >= 4 is 25.6 Å². The maximum Gasteiger partial charge on any atom is 0.221 e. The van der Waals surface area contributed by atoms with Gasteiger partial charge in [0.2, 0.25) is 5.91 Å². The lowest BCUT2D eigenvalue weighted by Gasteiger charge is -2.07. The first-order chi connectivity index (χ1) is 12.2. The van der Waals surface area contributed by atoms with Crippen LogP contribution in [0.1, 0.15) is 6.42 Å². The van der Waals surface area contributed by atoms with E-state index in [1.54, 1.807) is 18.2 Å². The van der Waals surface area contributed by atoms with Crippen LogP contribution in [0, 0.1) is 5.82 Å². The molecule has 0 fully saturated rings. The highest BCUT2D eigenvalue weighted by Crippen LogP contribution is 2.13. The average Bonchev–Trinajstić information content (AvgIpc) is 2.61. The summed E-state index contributed by atoms with van der Waals surface area (Å²) in [6.07, 6.45) is -0.314. The fraction of sp³-hybridized carbons (Fsp3) is 0.235. The van der Waals surface area contributed by atoms with Crippen LogP contribution in [0.5, 0.6) is 0 Å². The molecule has 0 radical (unpaired) electrons. The van der Waals surface area contributed by atoms with Gasteiger partial charge in [0.25, 0.3) is 0 Å². The molecule has 9 heteroatoms. The van der Waals surface area contributed by atoms with E-state index in [0.29, 0.717) is 0 Å². The van der Waals surface area contributed by atoms with Crippen LogP contribution < -0.4 is 5.32 Å². The Labute approximate surface area is 151 Å². The highest BCUT2D eigenvalue weighted by molar-refractivity contribution is 7.91. The zero-order chi connectivity index (χ0) is 19.2. The lowest BCUT2D eigenvalue weighted by molar-refractivity contribution is -0.120. The highest BCUT2D eigenvalue weighted by atomic mass is 32.2. The molecule has 1 amide bonds. The molecule has 0 aliphatic heterocycles. The molecule has 2 aromatic carbocycles. The summed E-state index contributed by atoms with van der Waals surface area (Å²) in [6, 6.07) is 12.2. The standard InChI is InChI=1S/C17H18FNO5S2/c18-14-6-8-16(9-7-14)25(21,22)12-10-17(20)19-11-13-26(23,24)15-4-2-1-3-5-15/h1-9H,10-13H2,(H,19,20). The fourth-order valence-corrected chi connectivity index (χ4v) is 4.56. The average molecular weight is 399 g/mol. The lowest BCUT2D eigenvalue weighted by Crippen LogP contribution is -2.30. The smallest absolute Gasteiger partial charge is 0.221 e. The highest BCUT2D eigenvalue weighted by Gasteiger charge is 2.18. The maximum atomic E-state index is 12.8. The number of sulfone groups is 2. The summed E-state index contributed by atoms with van der Waals surface area (Å²) < 4.78 is 61.1. The number of nitrogens with one attached hydrogen (secondary N) is 1. The van der Waals surface area contributed by atoms with Gasteiger partial charge in [0.15, 0.2) is 19.7 Å². The van der Waals surface area contributed by atoms with Crippen molar-refractivity contribution in [3.63, 3.8) is 0 Å². The van der Waals surface area contributed by atoms with Crippen molar-refractivity contribution in [2.45, 2.75) is 16.2 Å². The SMILES string of the molecule is O=C(CCS(=O)(=O)c1ccc(F)cc1)NCCS(=O)(=O)c1ccccc1. The van der Waals surface area contributed by atoms with Crippen LogP contribution >= 0.6 is 0 Å². The van der Waals surface area contributed by atoms with Gasteiger partial charge in [-0.1, -0.05) is 18.2 Å². The van der Waals surface area contributed by atoms with Crippen molar-refractivity contribution in [3.8, 4) is 0 Å². The molecule has 0 saturated heterocycles. The minimum Gasteiger partial charge on any atom is -0.355 e. The minimum absolute atomic E-state index is 0.0710. The lowest BCUT2D eigenvalue weighted by atomic mass is 10.4. The first-order valence-electron chi connectivity index (χ1n) is 7.73. The molecular formula is C17H18FNO5S2.